The van der Waals surface area contributed by atoms with Crippen molar-refractivity contribution < 1.29 is 13.9 Å². The number of halogens is 1. The second-order valence-electron chi connectivity index (χ2n) is 6.30. The van der Waals surface area contributed by atoms with Crippen molar-refractivity contribution in [3.63, 3.8) is 0 Å². The summed E-state index contributed by atoms with van der Waals surface area (Å²) in [4.78, 5) is 8.37. The topological polar surface area (TPSA) is 67.8 Å². The van der Waals surface area contributed by atoms with Crippen LogP contribution in [-0.4, -0.2) is 37.2 Å². The van der Waals surface area contributed by atoms with Crippen molar-refractivity contribution in [2.75, 3.05) is 20.7 Å². The van der Waals surface area contributed by atoms with E-state index in [9.17, 15) is 4.39 Å². The Morgan fingerprint density at radius 2 is 1.92 bits per heavy atom. The SMILES string of the molecule is CN=C(NCc1ccnc(Oc2ccc(F)cc2)c1)NCC(C)(C)OC. The molecular formula is C19H25FN4O2. The molecule has 0 aliphatic heterocycles. The summed E-state index contributed by atoms with van der Waals surface area (Å²) in [6.07, 6.45) is 1.67. The molecule has 0 amide bonds. The first-order chi connectivity index (χ1) is 12.4. The fraction of sp³-hybridized carbons (Fsp3) is 0.368. The Labute approximate surface area is 153 Å². The van der Waals surface area contributed by atoms with Crippen molar-refractivity contribution in [1.29, 1.82) is 0 Å². The van der Waals surface area contributed by atoms with Gasteiger partial charge in [0.05, 0.1) is 5.60 Å². The van der Waals surface area contributed by atoms with E-state index in [2.05, 4.69) is 20.6 Å². The molecule has 1 aromatic heterocycles. The lowest BCUT2D eigenvalue weighted by atomic mass is 10.1. The van der Waals surface area contributed by atoms with E-state index in [0.717, 1.165) is 5.56 Å². The Balaban J connectivity index is 1.92. The molecular weight excluding hydrogens is 335 g/mol. The van der Waals surface area contributed by atoms with E-state index >= 15 is 0 Å². The van der Waals surface area contributed by atoms with Crippen LogP contribution in [0.1, 0.15) is 19.4 Å². The third-order valence-corrected chi connectivity index (χ3v) is 3.75. The van der Waals surface area contributed by atoms with Gasteiger partial charge in [-0.3, -0.25) is 4.99 Å². The molecule has 0 aliphatic carbocycles. The van der Waals surface area contributed by atoms with Crippen molar-refractivity contribution in [2.45, 2.75) is 26.0 Å². The minimum Gasteiger partial charge on any atom is -0.439 e. The predicted octanol–water partition coefficient (Wildman–Crippen LogP) is 3.10. The van der Waals surface area contributed by atoms with Gasteiger partial charge in [-0.25, -0.2) is 9.37 Å². The Morgan fingerprint density at radius 1 is 1.19 bits per heavy atom. The van der Waals surface area contributed by atoms with Crippen molar-refractivity contribution >= 4 is 5.96 Å². The summed E-state index contributed by atoms with van der Waals surface area (Å²) in [5.41, 5.74) is 0.691. The largest absolute Gasteiger partial charge is 0.439 e. The first-order valence-corrected chi connectivity index (χ1v) is 8.30. The normalized spacial score (nSPS) is 12.0. The number of nitrogens with one attached hydrogen (secondary N) is 2. The van der Waals surface area contributed by atoms with Crippen LogP contribution in [-0.2, 0) is 11.3 Å². The number of ether oxygens (including phenoxy) is 2. The number of methoxy groups -OCH3 is 1. The van der Waals surface area contributed by atoms with E-state index in [4.69, 9.17) is 9.47 Å². The highest BCUT2D eigenvalue weighted by Gasteiger charge is 2.16. The number of guanidine groups is 1. The zero-order chi connectivity index (χ0) is 19.0. The second-order valence-corrected chi connectivity index (χ2v) is 6.30. The lowest BCUT2D eigenvalue weighted by Gasteiger charge is -2.24. The van der Waals surface area contributed by atoms with E-state index in [-0.39, 0.29) is 11.4 Å². The number of hydrogen-bond donors (Lipinski definition) is 2. The van der Waals surface area contributed by atoms with Gasteiger partial charge in [0.15, 0.2) is 5.96 Å². The molecule has 2 aromatic rings. The van der Waals surface area contributed by atoms with Crippen molar-refractivity contribution in [1.82, 2.24) is 15.6 Å². The molecule has 0 saturated heterocycles. The first-order valence-electron chi connectivity index (χ1n) is 8.30. The monoisotopic (exact) mass is 360 g/mol. The van der Waals surface area contributed by atoms with E-state index < -0.39 is 0 Å². The highest BCUT2D eigenvalue weighted by Crippen LogP contribution is 2.20. The zero-order valence-electron chi connectivity index (χ0n) is 15.5. The second kappa shape index (κ2) is 9.15. The van der Waals surface area contributed by atoms with Gasteiger partial charge in [-0.2, -0.15) is 0 Å². The van der Waals surface area contributed by atoms with Crippen molar-refractivity contribution in [2.24, 2.45) is 4.99 Å². The summed E-state index contributed by atoms with van der Waals surface area (Å²) < 4.78 is 24.0. The Hall–Kier alpha value is -2.67. The number of benzene rings is 1. The lowest BCUT2D eigenvalue weighted by Crippen LogP contribution is -2.45. The van der Waals surface area contributed by atoms with Gasteiger partial charge in [0.1, 0.15) is 11.6 Å². The number of pyridine rings is 1. The van der Waals surface area contributed by atoms with Crippen LogP contribution in [0.25, 0.3) is 0 Å². The number of hydrogen-bond acceptors (Lipinski definition) is 4. The Bertz CT molecular complexity index is 733. The maximum absolute atomic E-state index is 13.0. The molecule has 1 aromatic carbocycles. The summed E-state index contributed by atoms with van der Waals surface area (Å²) in [7, 11) is 3.39. The van der Waals surface area contributed by atoms with Gasteiger partial charge in [-0.15, -0.1) is 0 Å². The average molecular weight is 360 g/mol. The molecule has 0 radical (unpaired) electrons. The Morgan fingerprint density at radius 3 is 2.58 bits per heavy atom. The van der Waals surface area contributed by atoms with Crippen LogP contribution in [0, 0.1) is 5.82 Å². The summed E-state index contributed by atoms with van der Waals surface area (Å²) in [5, 5.41) is 6.45. The highest BCUT2D eigenvalue weighted by molar-refractivity contribution is 5.79. The molecule has 0 bridgehead atoms. The molecule has 1 heterocycles. The van der Waals surface area contributed by atoms with Gasteiger partial charge in [0.2, 0.25) is 5.88 Å². The molecule has 2 rings (SSSR count). The maximum Gasteiger partial charge on any atom is 0.219 e. The predicted molar refractivity (Wildman–Crippen MR) is 100 cm³/mol. The zero-order valence-corrected chi connectivity index (χ0v) is 15.5. The average Bonchev–Trinajstić information content (AvgIpc) is 2.64. The van der Waals surface area contributed by atoms with Crippen LogP contribution < -0.4 is 15.4 Å². The van der Waals surface area contributed by atoms with E-state index in [1.807, 2.05) is 26.0 Å². The van der Waals surface area contributed by atoms with Crippen LogP contribution in [0.3, 0.4) is 0 Å². The summed E-state index contributed by atoms with van der Waals surface area (Å²) >= 11 is 0. The Kier molecular flexibility index (Phi) is 6.91. The third-order valence-electron chi connectivity index (χ3n) is 3.75. The van der Waals surface area contributed by atoms with Crippen LogP contribution >= 0.6 is 0 Å². The smallest absolute Gasteiger partial charge is 0.219 e. The molecule has 0 atom stereocenters. The number of aliphatic imine (C=N–C) groups is 1. The molecule has 0 spiro atoms. The van der Waals surface area contributed by atoms with E-state index in [0.29, 0.717) is 30.7 Å². The van der Waals surface area contributed by atoms with Gasteiger partial charge in [0, 0.05) is 39.5 Å². The number of rotatable bonds is 7. The van der Waals surface area contributed by atoms with Gasteiger partial charge in [-0.1, -0.05) is 0 Å². The van der Waals surface area contributed by atoms with Crippen LogP contribution in [0.4, 0.5) is 4.39 Å². The quantitative estimate of drug-likeness (QED) is 0.587. The number of aromatic nitrogens is 1. The van der Waals surface area contributed by atoms with Crippen LogP contribution in [0.2, 0.25) is 0 Å². The highest BCUT2D eigenvalue weighted by atomic mass is 19.1. The van der Waals surface area contributed by atoms with E-state index in [1.165, 1.54) is 12.1 Å². The fourth-order valence-electron chi connectivity index (χ4n) is 2.01. The van der Waals surface area contributed by atoms with Crippen molar-refractivity contribution in [3.8, 4) is 11.6 Å². The van der Waals surface area contributed by atoms with Crippen LogP contribution in [0.15, 0.2) is 47.6 Å². The molecule has 140 valence electrons. The molecule has 2 N–H and O–H groups in total. The van der Waals surface area contributed by atoms with Crippen LogP contribution in [0.5, 0.6) is 11.6 Å². The minimum atomic E-state index is -0.307. The first kappa shape index (κ1) is 19.7. The molecule has 26 heavy (non-hydrogen) atoms. The fourth-order valence-corrected chi connectivity index (χ4v) is 2.01. The van der Waals surface area contributed by atoms with E-state index in [1.54, 1.807) is 32.5 Å². The molecule has 7 heteroatoms. The van der Waals surface area contributed by atoms with Gasteiger partial charge < -0.3 is 20.1 Å². The number of nitrogens with zero attached hydrogens (tertiary/aromatic N) is 2. The van der Waals surface area contributed by atoms with Gasteiger partial charge in [0.25, 0.3) is 0 Å². The molecule has 6 nitrogen and oxygen atoms in total. The maximum atomic E-state index is 13.0. The van der Waals surface area contributed by atoms with Gasteiger partial charge >= 0.3 is 0 Å². The standard InChI is InChI=1S/C19H25FN4O2/c1-19(2,25-4)13-24-18(21-3)23-12-14-9-10-22-17(11-14)26-16-7-5-15(20)6-8-16/h5-11H,12-13H2,1-4H3,(H2,21,23,24). The summed E-state index contributed by atoms with van der Waals surface area (Å²) in [6, 6.07) is 9.52. The minimum absolute atomic E-state index is 0.287. The summed E-state index contributed by atoms with van der Waals surface area (Å²) in [5.74, 6) is 1.34. The third kappa shape index (κ3) is 6.33. The molecule has 0 aliphatic rings. The molecule has 0 saturated carbocycles. The molecule has 0 unspecified atom stereocenters. The lowest BCUT2D eigenvalue weighted by molar-refractivity contribution is 0.0268. The van der Waals surface area contributed by atoms with Crippen molar-refractivity contribution in [3.05, 3.63) is 54.0 Å². The van der Waals surface area contributed by atoms with Gasteiger partial charge in [-0.05, 0) is 49.7 Å². The molecule has 0 fully saturated rings. The summed E-state index contributed by atoms with van der Waals surface area (Å²) in [6.45, 7) is 5.16.